The third-order valence-electron chi connectivity index (χ3n) is 8.34. The Morgan fingerprint density at radius 2 is 1.74 bits per heavy atom. The smallest absolute Gasteiger partial charge is 0.417 e. The van der Waals surface area contributed by atoms with Crippen LogP contribution in [0.2, 0.25) is 0 Å². The van der Waals surface area contributed by atoms with E-state index >= 15 is 0 Å². The lowest BCUT2D eigenvalue weighted by atomic mass is 9.90. The van der Waals surface area contributed by atoms with Gasteiger partial charge in [-0.3, -0.25) is 9.59 Å². The zero-order chi connectivity index (χ0) is 31.1. The van der Waals surface area contributed by atoms with E-state index in [1.54, 1.807) is 48.2 Å². The van der Waals surface area contributed by atoms with E-state index in [0.717, 1.165) is 46.6 Å². The van der Waals surface area contributed by atoms with Crippen molar-refractivity contribution in [2.45, 2.75) is 71.3 Å². The number of ether oxygens (including phenoxy) is 1. The average Bonchev–Trinajstić information content (AvgIpc) is 3.79. The van der Waals surface area contributed by atoms with Gasteiger partial charge in [-0.05, 0) is 80.5 Å². The van der Waals surface area contributed by atoms with Crippen LogP contribution in [-0.2, 0) is 27.0 Å². The summed E-state index contributed by atoms with van der Waals surface area (Å²) in [7, 11) is 0. The van der Waals surface area contributed by atoms with Crippen LogP contribution in [0.25, 0.3) is 11.1 Å². The lowest BCUT2D eigenvalue weighted by Gasteiger charge is -2.25. The molecule has 0 aromatic heterocycles. The number of cyclic esters (lactones) is 1. The predicted octanol–water partition coefficient (Wildman–Crippen LogP) is 7.65. The van der Waals surface area contributed by atoms with Gasteiger partial charge in [0.05, 0.1) is 17.5 Å². The molecule has 0 unspecified atom stereocenters. The third kappa shape index (κ3) is 6.31. The van der Waals surface area contributed by atoms with E-state index in [-0.39, 0.29) is 29.5 Å². The van der Waals surface area contributed by atoms with Crippen molar-refractivity contribution < 1.29 is 32.3 Å². The summed E-state index contributed by atoms with van der Waals surface area (Å²) in [6.45, 7) is 7.71. The first kappa shape index (κ1) is 30.3. The number of nitrogens with zero attached hydrogens (tertiary/aromatic N) is 2. The monoisotopic (exact) mass is 592 g/mol. The van der Waals surface area contributed by atoms with E-state index in [0.29, 0.717) is 12.1 Å². The van der Waals surface area contributed by atoms with Crippen LogP contribution in [0.1, 0.15) is 73.5 Å². The molecule has 6 nitrogen and oxygen atoms in total. The second kappa shape index (κ2) is 11.9. The highest BCUT2D eigenvalue weighted by molar-refractivity contribution is 5.97. The van der Waals surface area contributed by atoms with Gasteiger partial charge in [0.25, 0.3) is 0 Å². The molecule has 1 heterocycles. The van der Waals surface area contributed by atoms with Gasteiger partial charge in [-0.2, -0.15) is 13.2 Å². The molecule has 9 heteroatoms. The Hall–Kier alpha value is -4.14. The van der Waals surface area contributed by atoms with E-state index in [1.165, 1.54) is 6.92 Å². The highest BCUT2D eigenvalue weighted by Gasteiger charge is 2.45. The third-order valence-corrected chi connectivity index (χ3v) is 8.34. The molecule has 0 N–H and O–H groups in total. The fourth-order valence-corrected chi connectivity index (χ4v) is 5.69. The van der Waals surface area contributed by atoms with E-state index in [1.807, 2.05) is 32.0 Å². The molecule has 1 aliphatic carbocycles. The van der Waals surface area contributed by atoms with E-state index < -0.39 is 41.8 Å². The van der Waals surface area contributed by atoms with Crippen LogP contribution in [0.5, 0.6) is 0 Å². The van der Waals surface area contributed by atoms with Crippen molar-refractivity contribution in [1.29, 1.82) is 0 Å². The largest absolute Gasteiger partial charge is 0.439 e. The number of amides is 3. The van der Waals surface area contributed by atoms with Gasteiger partial charge in [-0.15, -0.1) is 0 Å². The second-order valence-electron chi connectivity index (χ2n) is 11.5. The Kier molecular flexibility index (Phi) is 8.36. The molecule has 5 rings (SSSR count). The van der Waals surface area contributed by atoms with Gasteiger partial charge in [0, 0.05) is 19.0 Å². The van der Waals surface area contributed by atoms with Gasteiger partial charge in [-0.25, -0.2) is 9.69 Å². The van der Waals surface area contributed by atoms with Crippen molar-refractivity contribution in [3.63, 3.8) is 0 Å². The molecule has 43 heavy (non-hydrogen) atoms. The average molecular weight is 593 g/mol. The lowest BCUT2D eigenvalue weighted by Crippen LogP contribution is -2.40. The standard InChI is InChI=1S/C34H35F3N2O4/c1-5-38(32(41)24-12-13-24)19-27-15-20(2)11-14-29(27)26-16-25(17-28(18-26)34(35,36)37)21(3)31(40)39-22(4)30(43-33(39)42)23-9-7-6-8-10-23/h6-11,14-18,21-22,24,30H,5,12-13,19H2,1-4H3/t21-,22-,30-/m1/s1. The molecule has 1 saturated heterocycles. The molecule has 0 radical (unpaired) electrons. The Morgan fingerprint density at radius 1 is 1.05 bits per heavy atom. The maximum absolute atomic E-state index is 14.2. The molecule has 2 fully saturated rings. The number of hydrogen-bond donors (Lipinski definition) is 0. The molecule has 226 valence electrons. The Balaban J connectivity index is 1.50. The molecular formula is C34H35F3N2O4. The molecule has 3 aromatic rings. The van der Waals surface area contributed by atoms with Crippen LogP contribution in [-0.4, -0.2) is 40.3 Å². The minimum atomic E-state index is -4.67. The van der Waals surface area contributed by atoms with Gasteiger partial charge in [0.15, 0.2) is 0 Å². The first-order chi connectivity index (χ1) is 20.4. The van der Waals surface area contributed by atoms with Gasteiger partial charge in [-0.1, -0.05) is 60.2 Å². The van der Waals surface area contributed by atoms with Gasteiger partial charge in [0.1, 0.15) is 6.10 Å². The molecule has 3 amide bonds. The van der Waals surface area contributed by atoms with Gasteiger partial charge >= 0.3 is 12.3 Å². The molecule has 1 aliphatic heterocycles. The number of benzene rings is 3. The van der Waals surface area contributed by atoms with Crippen molar-refractivity contribution in [2.75, 3.05) is 6.54 Å². The van der Waals surface area contributed by atoms with Crippen LogP contribution >= 0.6 is 0 Å². The van der Waals surface area contributed by atoms with Crippen molar-refractivity contribution >= 4 is 17.9 Å². The second-order valence-corrected chi connectivity index (χ2v) is 11.5. The first-order valence-corrected chi connectivity index (χ1v) is 14.6. The first-order valence-electron chi connectivity index (χ1n) is 14.6. The minimum absolute atomic E-state index is 0.0152. The normalized spacial score (nSPS) is 19.2. The quantitative estimate of drug-likeness (QED) is 0.270. The number of hydrogen-bond acceptors (Lipinski definition) is 4. The number of alkyl halides is 3. The van der Waals surface area contributed by atoms with E-state index in [4.69, 9.17) is 4.74 Å². The molecular weight excluding hydrogens is 557 g/mol. The molecule has 0 bridgehead atoms. The summed E-state index contributed by atoms with van der Waals surface area (Å²) in [6.07, 6.45) is -4.47. The number of aryl methyl sites for hydroxylation is 1. The van der Waals surface area contributed by atoms with Crippen LogP contribution in [0, 0.1) is 12.8 Å². The van der Waals surface area contributed by atoms with Crippen LogP contribution in [0.3, 0.4) is 0 Å². The maximum atomic E-state index is 14.2. The van der Waals surface area contributed by atoms with Gasteiger partial charge < -0.3 is 9.64 Å². The molecule has 0 spiro atoms. The maximum Gasteiger partial charge on any atom is 0.417 e. The van der Waals surface area contributed by atoms with Crippen LogP contribution in [0.4, 0.5) is 18.0 Å². The van der Waals surface area contributed by atoms with Crippen molar-refractivity contribution in [3.05, 3.63) is 94.5 Å². The summed E-state index contributed by atoms with van der Waals surface area (Å²) in [5.74, 6) is -1.64. The predicted molar refractivity (Wildman–Crippen MR) is 156 cm³/mol. The summed E-state index contributed by atoms with van der Waals surface area (Å²) >= 11 is 0. The zero-order valence-electron chi connectivity index (χ0n) is 24.6. The van der Waals surface area contributed by atoms with Crippen LogP contribution in [0.15, 0.2) is 66.7 Å². The fraction of sp³-hybridized carbons (Fsp3) is 0.382. The topological polar surface area (TPSA) is 66.9 Å². The number of carbonyl (C=O) groups excluding carboxylic acids is 3. The Bertz CT molecular complexity index is 1530. The van der Waals surface area contributed by atoms with Crippen molar-refractivity contribution in [1.82, 2.24) is 9.80 Å². The Labute approximate surface area is 249 Å². The molecule has 2 aliphatic rings. The molecule has 1 saturated carbocycles. The number of imide groups is 1. The zero-order valence-corrected chi connectivity index (χ0v) is 24.6. The molecule has 3 atom stereocenters. The summed E-state index contributed by atoms with van der Waals surface area (Å²) < 4.78 is 48.1. The Morgan fingerprint density at radius 3 is 2.37 bits per heavy atom. The highest BCUT2D eigenvalue weighted by Crippen LogP contribution is 2.39. The number of carbonyl (C=O) groups is 3. The lowest BCUT2D eigenvalue weighted by molar-refractivity contribution is -0.138. The van der Waals surface area contributed by atoms with E-state index in [2.05, 4.69) is 0 Å². The summed E-state index contributed by atoms with van der Waals surface area (Å²) in [5.41, 5.74) is 2.44. The highest BCUT2D eigenvalue weighted by atomic mass is 19.4. The molecule has 3 aromatic carbocycles. The van der Waals surface area contributed by atoms with Crippen LogP contribution < -0.4 is 0 Å². The van der Waals surface area contributed by atoms with Crippen molar-refractivity contribution in [3.8, 4) is 11.1 Å². The SMILES string of the molecule is CCN(Cc1cc(C)ccc1-c1cc([C@@H](C)C(=O)N2C(=O)O[C@@H](c3ccccc3)[C@H]2C)cc(C(F)(F)F)c1)C(=O)C1CC1. The summed E-state index contributed by atoms with van der Waals surface area (Å²) in [4.78, 5) is 42.1. The minimum Gasteiger partial charge on any atom is -0.439 e. The van der Waals surface area contributed by atoms with Gasteiger partial charge in [0.2, 0.25) is 11.8 Å². The number of halogens is 3. The summed E-state index contributed by atoms with van der Waals surface area (Å²) in [6, 6.07) is 17.4. The number of rotatable bonds is 8. The summed E-state index contributed by atoms with van der Waals surface area (Å²) in [5, 5.41) is 0. The van der Waals surface area contributed by atoms with E-state index in [9.17, 15) is 27.6 Å². The van der Waals surface area contributed by atoms with Crippen molar-refractivity contribution in [2.24, 2.45) is 5.92 Å². The fourth-order valence-electron chi connectivity index (χ4n) is 5.69.